The number of rotatable bonds is 6. The van der Waals surface area contributed by atoms with Gasteiger partial charge in [0.15, 0.2) is 0 Å². The molecule has 1 rings (SSSR count). The first-order valence-corrected chi connectivity index (χ1v) is 6.00. The Bertz CT molecular complexity index is 411. The van der Waals surface area contributed by atoms with E-state index in [4.69, 9.17) is 5.26 Å². The number of amides is 1. The maximum Gasteiger partial charge on any atom is 0.234 e. The summed E-state index contributed by atoms with van der Waals surface area (Å²) in [4.78, 5) is 13.5. The lowest BCUT2D eigenvalue weighted by Gasteiger charge is -2.17. The normalized spacial score (nSPS) is 11.9. The first-order chi connectivity index (χ1) is 8.61. The SMILES string of the molecule is CC(C#N)CN(C)CC(=O)NCc1ccccc1. The van der Waals surface area contributed by atoms with Gasteiger partial charge in [-0.1, -0.05) is 30.3 Å². The molecule has 0 radical (unpaired) electrons. The Morgan fingerprint density at radius 3 is 2.72 bits per heavy atom. The van der Waals surface area contributed by atoms with Crippen molar-refractivity contribution in [1.29, 1.82) is 5.26 Å². The number of carbonyl (C=O) groups is 1. The summed E-state index contributed by atoms with van der Waals surface area (Å²) in [6.45, 7) is 3.31. The van der Waals surface area contributed by atoms with Crippen molar-refractivity contribution in [1.82, 2.24) is 10.2 Å². The Morgan fingerprint density at radius 1 is 1.44 bits per heavy atom. The minimum absolute atomic E-state index is 0.0218. The van der Waals surface area contributed by atoms with Crippen LogP contribution in [0.2, 0.25) is 0 Å². The van der Waals surface area contributed by atoms with E-state index in [-0.39, 0.29) is 11.8 Å². The summed E-state index contributed by atoms with van der Waals surface area (Å²) < 4.78 is 0. The summed E-state index contributed by atoms with van der Waals surface area (Å²) in [5.41, 5.74) is 1.08. The van der Waals surface area contributed by atoms with E-state index in [9.17, 15) is 4.79 Å². The molecule has 0 saturated heterocycles. The van der Waals surface area contributed by atoms with Gasteiger partial charge in [0.05, 0.1) is 18.5 Å². The van der Waals surface area contributed by atoms with Crippen molar-refractivity contribution < 1.29 is 4.79 Å². The van der Waals surface area contributed by atoms with Crippen LogP contribution >= 0.6 is 0 Å². The number of nitrogens with one attached hydrogen (secondary N) is 1. The first-order valence-electron chi connectivity index (χ1n) is 6.00. The molecule has 0 bridgehead atoms. The molecule has 4 nitrogen and oxygen atoms in total. The van der Waals surface area contributed by atoms with Gasteiger partial charge in [-0.15, -0.1) is 0 Å². The molecule has 1 aromatic carbocycles. The fraction of sp³-hybridized carbons (Fsp3) is 0.429. The molecule has 1 N–H and O–H groups in total. The zero-order valence-electron chi connectivity index (χ0n) is 10.9. The summed E-state index contributed by atoms with van der Waals surface area (Å²) in [5, 5.41) is 11.6. The Hall–Kier alpha value is -1.86. The van der Waals surface area contributed by atoms with Crippen molar-refractivity contribution in [2.75, 3.05) is 20.1 Å². The third kappa shape index (κ3) is 5.46. The van der Waals surface area contributed by atoms with E-state index in [2.05, 4.69) is 11.4 Å². The Balaban J connectivity index is 2.28. The molecule has 96 valence electrons. The fourth-order valence-electron chi connectivity index (χ4n) is 1.67. The molecular formula is C14H19N3O. The van der Waals surface area contributed by atoms with Crippen molar-refractivity contribution >= 4 is 5.91 Å². The molecule has 1 atom stereocenters. The monoisotopic (exact) mass is 245 g/mol. The molecule has 0 spiro atoms. The van der Waals surface area contributed by atoms with Crippen LogP contribution in [0.25, 0.3) is 0 Å². The quantitative estimate of drug-likeness (QED) is 0.824. The molecule has 1 aromatic rings. The largest absolute Gasteiger partial charge is 0.351 e. The second-order valence-electron chi connectivity index (χ2n) is 4.49. The lowest BCUT2D eigenvalue weighted by Crippen LogP contribution is -2.36. The Kier molecular flexibility index (Phi) is 5.89. The van der Waals surface area contributed by atoms with E-state index >= 15 is 0 Å². The van der Waals surface area contributed by atoms with Crippen LogP contribution in [-0.2, 0) is 11.3 Å². The van der Waals surface area contributed by atoms with Gasteiger partial charge in [0.1, 0.15) is 0 Å². The molecule has 0 aliphatic heterocycles. The van der Waals surface area contributed by atoms with Crippen LogP contribution in [0.4, 0.5) is 0 Å². The number of nitriles is 1. The van der Waals surface area contributed by atoms with E-state index in [1.807, 2.05) is 49.2 Å². The summed E-state index contributed by atoms with van der Waals surface area (Å²) in [5.74, 6) is -0.0802. The smallest absolute Gasteiger partial charge is 0.234 e. The first kappa shape index (κ1) is 14.2. The average molecular weight is 245 g/mol. The van der Waals surface area contributed by atoms with Gasteiger partial charge in [0.2, 0.25) is 5.91 Å². The minimum atomic E-state index is -0.0584. The zero-order chi connectivity index (χ0) is 13.4. The molecule has 0 aromatic heterocycles. The van der Waals surface area contributed by atoms with E-state index in [1.54, 1.807) is 0 Å². The third-order valence-corrected chi connectivity index (χ3v) is 2.55. The lowest BCUT2D eigenvalue weighted by atomic mass is 10.2. The third-order valence-electron chi connectivity index (χ3n) is 2.55. The second kappa shape index (κ2) is 7.46. The summed E-state index contributed by atoms with van der Waals surface area (Å²) in [7, 11) is 1.84. The number of benzene rings is 1. The highest BCUT2D eigenvalue weighted by Gasteiger charge is 2.09. The second-order valence-corrected chi connectivity index (χ2v) is 4.49. The number of carbonyl (C=O) groups excluding carboxylic acids is 1. The lowest BCUT2D eigenvalue weighted by molar-refractivity contribution is -0.122. The zero-order valence-corrected chi connectivity index (χ0v) is 10.9. The van der Waals surface area contributed by atoms with E-state index in [0.717, 1.165) is 5.56 Å². The number of hydrogen-bond acceptors (Lipinski definition) is 3. The van der Waals surface area contributed by atoms with Crippen LogP contribution in [0, 0.1) is 17.2 Å². The van der Waals surface area contributed by atoms with Gasteiger partial charge < -0.3 is 5.32 Å². The number of hydrogen-bond donors (Lipinski definition) is 1. The van der Waals surface area contributed by atoms with Crippen molar-refractivity contribution in [2.24, 2.45) is 5.92 Å². The molecule has 0 heterocycles. The van der Waals surface area contributed by atoms with Crippen LogP contribution in [-0.4, -0.2) is 30.9 Å². The summed E-state index contributed by atoms with van der Waals surface area (Å²) in [6, 6.07) is 11.9. The Labute approximate surface area is 108 Å². The van der Waals surface area contributed by atoms with Gasteiger partial charge in [-0.2, -0.15) is 5.26 Å². The van der Waals surface area contributed by atoms with Gasteiger partial charge in [-0.3, -0.25) is 9.69 Å². The summed E-state index contributed by atoms with van der Waals surface area (Å²) in [6.07, 6.45) is 0. The van der Waals surface area contributed by atoms with Crippen molar-refractivity contribution in [2.45, 2.75) is 13.5 Å². The van der Waals surface area contributed by atoms with Crippen LogP contribution in [0.1, 0.15) is 12.5 Å². The van der Waals surface area contributed by atoms with Crippen LogP contribution in [0.15, 0.2) is 30.3 Å². The predicted molar refractivity (Wildman–Crippen MR) is 70.6 cm³/mol. The summed E-state index contributed by atoms with van der Waals surface area (Å²) >= 11 is 0. The highest BCUT2D eigenvalue weighted by molar-refractivity contribution is 5.77. The van der Waals surface area contributed by atoms with Crippen molar-refractivity contribution in [3.8, 4) is 6.07 Å². The maximum absolute atomic E-state index is 11.7. The topological polar surface area (TPSA) is 56.1 Å². The van der Waals surface area contributed by atoms with Crippen LogP contribution in [0.5, 0.6) is 0 Å². The van der Waals surface area contributed by atoms with E-state index in [0.29, 0.717) is 19.6 Å². The van der Waals surface area contributed by atoms with Gasteiger partial charge in [0, 0.05) is 13.1 Å². The number of nitrogens with zero attached hydrogens (tertiary/aromatic N) is 2. The molecule has 4 heteroatoms. The molecule has 0 aliphatic rings. The van der Waals surface area contributed by atoms with Crippen LogP contribution in [0.3, 0.4) is 0 Å². The highest BCUT2D eigenvalue weighted by Crippen LogP contribution is 1.98. The molecule has 1 amide bonds. The van der Waals surface area contributed by atoms with E-state index < -0.39 is 0 Å². The van der Waals surface area contributed by atoms with Crippen LogP contribution < -0.4 is 5.32 Å². The number of likely N-dealkylation sites (N-methyl/N-ethyl adjacent to an activating group) is 1. The van der Waals surface area contributed by atoms with Gasteiger partial charge in [-0.05, 0) is 19.5 Å². The standard InChI is InChI=1S/C14H19N3O/c1-12(8-15)10-17(2)11-14(18)16-9-13-6-4-3-5-7-13/h3-7,12H,9-11H2,1-2H3,(H,16,18). The van der Waals surface area contributed by atoms with Crippen molar-refractivity contribution in [3.63, 3.8) is 0 Å². The predicted octanol–water partition coefficient (Wildman–Crippen LogP) is 1.39. The molecule has 0 aliphatic carbocycles. The molecule has 18 heavy (non-hydrogen) atoms. The molecule has 0 fully saturated rings. The Morgan fingerprint density at radius 2 is 2.11 bits per heavy atom. The molecule has 0 saturated carbocycles. The van der Waals surface area contributed by atoms with Gasteiger partial charge in [-0.25, -0.2) is 0 Å². The van der Waals surface area contributed by atoms with Gasteiger partial charge in [0.25, 0.3) is 0 Å². The highest BCUT2D eigenvalue weighted by atomic mass is 16.2. The van der Waals surface area contributed by atoms with E-state index in [1.165, 1.54) is 0 Å². The molecule has 1 unspecified atom stereocenters. The fourth-order valence-corrected chi connectivity index (χ4v) is 1.67. The average Bonchev–Trinajstić information content (AvgIpc) is 2.37. The van der Waals surface area contributed by atoms with Gasteiger partial charge >= 0.3 is 0 Å². The van der Waals surface area contributed by atoms with Crippen molar-refractivity contribution in [3.05, 3.63) is 35.9 Å². The minimum Gasteiger partial charge on any atom is -0.351 e. The maximum atomic E-state index is 11.7. The molecular weight excluding hydrogens is 226 g/mol.